The number of pyridine rings is 2. The number of carbonyl (C=O) groups is 1. The van der Waals surface area contributed by atoms with Crippen LogP contribution in [-0.2, 0) is 0 Å². The second kappa shape index (κ2) is 7.38. The molecule has 1 saturated heterocycles. The number of nitrogens with zero attached hydrogens (tertiary/aromatic N) is 4. The maximum Gasteiger partial charge on any atom is 0.323 e. The van der Waals surface area contributed by atoms with E-state index in [0.717, 1.165) is 23.7 Å². The number of hydrogen-bond donors (Lipinski definition) is 1. The molecule has 0 bridgehead atoms. The third-order valence-corrected chi connectivity index (χ3v) is 4.02. The molecule has 132 valence electrons. The molecule has 7 heteroatoms. The van der Waals surface area contributed by atoms with Gasteiger partial charge in [0.25, 0.3) is 0 Å². The SMILES string of the molecule is Cc1cccc(NC(=O)N2CCC(Oc3cccnc3N(C)C)C2)n1. The Balaban J connectivity index is 1.59. The van der Waals surface area contributed by atoms with Gasteiger partial charge in [0.05, 0.1) is 6.54 Å². The summed E-state index contributed by atoms with van der Waals surface area (Å²) in [5.74, 6) is 2.09. The summed E-state index contributed by atoms with van der Waals surface area (Å²) in [6, 6.07) is 9.16. The Hall–Kier alpha value is -2.83. The van der Waals surface area contributed by atoms with Crippen molar-refractivity contribution >= 4 is 17.7 Å². The Morgan fingerprint density at radius 3 is 2.92 bits per heavy atom. The number of likely N-dealkylation sites (tertiary alicyclic amines) is 1. The first-order valence-electron chi connectivity index (χ1n) is 8.31. The van der Waals surface area contributed by atoms with Crippen molar-refractivity contribution in [1.82, 2.24) is 14.9 Å². The predicted molar refractivity (Wildman–Crippen MR) is 97.2 cm³/mol. The van der Waals surface area contributed by atoms with Gasteiger partial charge in [0.15, 0.2) is 11.6 Å². The Morgan fingerprint density at radius 2 is 2.16 bits per heavy atom. The van der Waals surface area contributed by atoms with E-state index >= 15 is 0 Å². The lowest BCUT2D eigenvalue weighted by molar-refractivity contribution is 0.195. The molecule has 0 saturated carbocycles. The van der Waals surface area contributed by atoms with Gasteiger partial charge in [-0.15, -0.1) is 0 Å². The molecule has 1 aliphatic heterocycles. The van der Waals surface area contributed by atoms with E-state index in [4.69, 9.17) is 4.74 Å². The second-order valence-corrected chi connectivity index (χ2v) is 6.29. The fraction of sp³-hybridized carbons (Fsp3) is 0.389. The van der Waals surface area contributed by atoms with Crippen LogP contribution in [-0.4, -0.2) is 54.2 Å². The van der Waals surface area contributed by atoms with Crippen LogP contribution in [0.15, 0.2) is 36.5 Å². The molecule has 1 N–H and O–H groups in total. The Kier molecular flexibility index (Phi) is 5.02. The summed E-state index contributed by atoms with van der Waals surface area (Å²) >= 11 is 0. The van der Waals surface area contributed by atoms with Crippen molar-refractivity contribution < 1.29 is 9.53 Å². The summed E-state index contributed by atoms with van der Waals surface area (Å²) in [7, 11) is 3.86. The molecule has 25 heavy (non-hydrogen) atoms. The first kappa shape index (κ1) is 17.0. The molecule has 0 radical (unpaired) electrons. The number of ether oxygens (including phenoxy) is 1. The number of anilines is 2. The number of rotatable bonds is 4. The third kappa shape index (κ3) is 4.17. The zero-order chi connectivity index (χ0) is 17.8. The van der Waals surface area contributed by atoms with Crippen molar-refractivity contribution in [2.75, 3.05) is 37.4 Å². The number of nitrogens with one attached hydrogen (secondary N) is 1. The average Bonchev–Trinajstić information content (AvgIpc) is 3.04. The van der Waals surface area contributed by atoms with Gasteiger partial charge in [-0.1, -0.05) is 6.07 Å². The van der Waals surface area contributed by atoms with Gasteiger partial charge >= 0.3 is 6.03 Å². The Labute approximate surface area is 147 Å². The van der Waals surface area contributed by atoms with Gasteiger partial charge in [0.2, 0.25) is 0 Å². The lowest BCUT2D eigenvalue weighted by atomic mass is 10.3. The number of aryl methyl sites for hydroxylation is 1. The van der Waals surface area contributed by atoms with E-state index in [1.807, 2.05) is 50.2 Å². The second-order valence-electron chi connectivity index (χ2n) is 6.29. The minimum Gasteiger partial charge on any atom is -0.485 e. The number of carbonyl (C=O) groups excluding carboxylic acids is 1. The van der Waals surface area contributed by atoms with E-state index in [9.17, 15) is 4.79 Å². The lowest BCUT2D eigenvalue weighted by Gasteiger charge is -2.20. The van der Waals surface area contributed by atoms with Crippen molar-refractivity contribution in [2.24, 2.45) is 0 Å². The van der Waals surface area contributed by atoms with Gasteiger partial charge < -0.3 is 14.5 Å². The molecule has 0 spiro atoms. The van der Waals surface area contributed by atoms with Gasteiger partial charge in [-0.2, -0.15) is 0 Å². The van der Waals surface area contributed by atoms with Crippen molar-refractivity contribution in [1.29, 1.82) is 0 Å². The number of hydrogen-bond acceptors (Lipinski definition) is 5. The lowest BCUT2D eigenvalue weighted by Crippen LogP contribution is -2.34. The summed E-state index contributed by atoms with van der Waals surface area (Å²) in [4.78, 5) is 24.7. The van der Waals surface area contributed by atoms with Crippen LogP contribution in [0.1, 0.15) is 12.1 Å². The normalized spacial score (nSPS) is 16.6. The average molecular weight is 341 g/mol. The summed E-state index contributed by atoms with van der Waals surface area (Å²) in [6.07, 6.45) is 2.49. The van der Waals surface area contributed by atoms with Crippen LogP contribution in [0.2, 0.25) is 0 Å². The van der Waals surface area contributed by atoms with Crippen molar-refractivity contribution in [3.63, 3.8) is 0 Å². The molecule has 1 unspecified atom stereocenters. The van der Waals surface area contributed by atoms with Crippen LogP contribution in [0.3, 0.4) is 0 Å². The Bertz CT molecular complexity index is 750. The molecule has 1 fully saturated rings. The van der Waals surface area contributed by atoms with Gasteiger partial charge in [-0.05, 0) is 31.2 Å². The molecule has 1 atom stereocenters. The predicted octanol–water partition coefficient (Wildman–Crippen LogP) is 2.54. The zero-order valence-electron chi connectivity index (χ0n) is 14.8. The summed E-state index contributed by atoms with van der Waals surface area (Å²) in [6.45, 7) is 3.09. The van der Waals surface area contributed by atoms with E-state index in [0.29, 0.717) is 18.9 Å². The maximum atomic E-state index is 12.4. The fourth-order valence-electron chi connectivity index (χ4n) is 2.80. The van der Waals surface area contributed by atoms with Crippen LogP contribution < -0.4 is 15.0 Å². The number of amides is 2. The fourth-order valence-corrected chi connectivity index (χ4v) is 2.80. The highest BCUT2D eigenvalue weighted by atomic mass is 16.5. The molecule has 2 amide bonds. The van der Waals surface area contributed by atoms with Gasteiger partial charge in [-0.3, -0.25) is 5.32 Å². The van der Waals surface area contributed by atoms with E-state index < -0.39 is 0 Å². The first-order chi connectivity index (χ1) is 12.0. The first-order valence-corrected chi connectivity index (χ1v) is 8.31. The van der Waals surface area contributed by atoms with Crippen LogP contribution in [0.4, 0.5) is 16.4 Å². The molecule has 7 nitrogen and oxygen atoms in total. The zero-order valence-corrected chi connectivity index (χ0v) is 14.8. The number of urea groups is 1. The molecular formula is C18H23N5O2. The highest BCUT2D eigenvalue weighted by molar-refractivity contribution is 5.88. The molecule has 2 aromatic rings. The monoisotopic (exact) mass is 341 g/mol. The molecule has 1 aliphatic rings. The van der Waals surface area contributed by atoms with Crippen LogP contribution in [0.25, 0.3) is 0 Å². The minimum absolute atomic E-state index is 0.0425. The molecule has 0 aliphatic carbocycles. The van der Waals surface area contributed by atoms with E-state index in [-0.39, 0.29) is 12.1 Å². The van der Waals surface area contributed by atoms with E-state index in [1.54, 1.807) is 17.2 Å². The largest absolute Gasteiger partial charge is 0.485 e. The van der Waals surface area contributed by atoms with Crippen LogP contribution in [0, 0.1) is 6.92 Å². The molecule has 0 aromatic carbocycles. The third-order valence-electron chi connectivity index (χ3n) is 4.02. The van der Waals surface area contributed by atoms with E-state index in [2.05, 4.69) is 15.3 Å². The van der Waals surface area contributed by atoms with Gasteiger partial charge in [0, 0.05) is 39.0 Å². The smallest absolute Gasteiger partial charge is 0.323 e. The Morgan fingerprint density at radius 1 is 1.32 bits per heavy atom. The summed E-state index contributed by atoms with van der Waals surface area (Å²) < 4.78 is 6.08. The minimum atomic E-state index is -0.150. The number of aromatic nitrogens is 2. The van der Waals surface area contributed by atoms with Crippen molar-refractivity contribution in [3.8, 4) is 5.75 Å². The van der Waals surface area contributed by atoms with Crippen molar-refractivity contribution in [3.05, 3.63) is 42.2 Å². The van der Waals surface area contributed by atoms with Gasteiger partial charge in [-0.25, -0.2) is 14.8 Å². The van der Waals surface area contributed by atoms with Crippen LogP contribution in [0.5, 0.6) is 5.75 Å². The highest BCUT2D eigenvalue weighted by Gasteiger charge is 2.28. The molecular weight excluding hydrogens is 318 g/mol. The highest BCUT2D eigenvalue weighted by Crippen LogP contribution is 2.26. The molecule has 2 aromatic heterocycles. The summed E-state index contributed by atoms with van der Waals surface area (Å²) in [5.41, 5.74) is 0.869. The summed E-state index contributed by atoms with van der Waals surface area (Å²) in [5, 5.41) is 2.84. The quantitative estimate of drug-likeness (QED) is 0.925. The van der Waals surface area contributed by atoms with Crippen molar-refractivity contribution in [2.45, 2.75) is 19.4 Å². The van der Waals surface area contributed by atoms with Gasteiger partial charge in [0.1, 0.15) is 11.9 Å². The van der Waals surface area contributed by atoms with E-state index in [1.165, 1.54) is 0 Å². The molecule has 3 heterocycles. The molecule has 3 rings (SSSR count). The van der Waals surface area contributed by atoms with Crippen LogP contribution >= 0.6 is 0 Å². The maximum absolute atomic E-state index is 12.4. The topological polar surface area (TPSA) is 70.6 Å². The standard InChI is InChI=1S/C18H23N5O2/c1-13-6-4-8-16(20-13)21-18(24)23-11-9-14(12-23)25-15-7-5-10-19-17(15)22(2)3/h4-8,10,14H,9,11-12H2,1-3H3,(H,20,21,24).